The third-order valence-electron chi connectivity index (χ3n) is 3.27. The molecule has 6 heteroatoms. The fraction of sp³-hybridized carbons (Fsp3) is 0.200. The Hall–Kier alpha value is -2.14. The number of nitrogens with one attached hydrogen (secondary N) is 1. The molecule has 1 aromatic carbocycles. The van der Waals surface area contributed by atoms with Gasteiger partial charge in [-0.05, 0) is 18.6 Å². The van der Waals surface area contributed by atoms with Crippen LogP contribution in [0, 0.1) is 5.82 Å². The van der Waals surface area contributed by atoms with Gasteiger partial charge in [-0.3, -0.25) is 0 Å². The number of aromatic nitrogens is 4. The topological polar surface area (TPSA) is 46.5 Å². The highest BCUT2D eigenvalue weighted by molar-refractivity contribution is 6.33. The summed E-state index contributed by atoms with van der Waals surface area (Å²) >= 11 is 6.10. The highest BCUT2D eigenvalue weighted by atomic mass is 35.5. The van der Waals surface area contributed by atoms with Gasteiger partial charge in [0.15, 0.2) is 0 Å². The Morgan fingerprint density at radius 2 is 2.14 bits per heavy atom. The summed E-state index contributed by atoms with van der Waals surface area (Å²) in [6, 6.07) is 4.65. The first-order valence-corrected chi connectivity index (χ1v) is 7.07. The van der Waals surface area contributed by atoms with E-state index in [-0.39, 0.29) is 5.82 Å². The maximum absolute atomic E-state index is 14.0. The largest absolute Gasteiger partial charge is 0.349 e. The summed E-state index contributed by atoms with van der Waals surface area (Å²) in [4.78, 5) is 11.5. The minimum Gasteiger partial charge on any atom is -0.349 e. The van der Waals surface area contributed by atoms with E-state index in [1.165, 1.54) is 6.07 Å². The average Bonchev–Trinajstić information content (AvgIpc) is 3.11. The summed E-state index contributed by atoms with van der Waals surface area (Å²) < 4.78 is 15.9. The molecule has 0 radical (unpaired) electrons. The van der Waals surface area contributed by atoms with E-state index >= 15 is 0 Å². The van der Waals surface area contributed by atoms with Gasteiger partial charge in [-0.1, -0.05) is 17.7 Å². The van der Waals surface area contributed by atoms with Gasteiger partial charge in [-0.25, -0.2) is 14.4 Å². The molecule has 0 aliphatic carbocycles. The zero-order chi connectivity index (χ0) is 14.7. The number of halogens is 2. The Morgan fingerprint density at radius 3 is 2.90 bits per heavy atom. The lowest BCUT2D eigenvalue weighted by atomic mass is 10.2. The number of imidazole rings is 2. The summed E-state index contributed by atoms with van der Waals surface area (Å²) in [6.07, 6.45) is 8.73. The van der Waals surface area contributed by atoms with Gasteiger partial charge >= 0.3 is 0 Å². The number of rotatable bonds is 5. The van der Waals surface area contributed by atoms with Crippen LogP contribution in [0.4, 0.5) is 4.39 Å². The smallest absolute Gasteiger partial charge is 0.144 e. The second-order valence-corrected chi connectivity index (χ2v) is 5.09. The third kappa shape index (κ3) is 2.97. The van der Waals surface area contributed by atoms with Crippen molar-refractivity contribution in [2.24, 2.45) is 0 Å². The Labute approximate surface area is 126 Å². The molecule has 0 amide bonds. The predicted molar refractivity (Wildman–Crippen MR) is 79.5 cm³/mol. The van der Waals surface area contributed by atoms with Crippen LogP contribution in [0.15, 0.2) is 43.0 Å². The van der Waals surface area contributed by atoms with Crippen LogP contribution >= 0.6 is 11.6 Å². The van der Waals surface area contributed by atoms with Crippen LogP contribution in [0.5, 0.6) is 0 Å². The maximum atomic E-state index is 14.0. The van der Waals surface area contributed by atoms with Crippen molar-refractivity contribution in [2.45, 2.75) is 19.4 Å². The normalized spacial score (nSPS) is 11.0. The number of hydrogen-bond acceptors (Lipinski definition) is 2. The van der Waals surface area contributed by atoms with Crippen molar-refractivity contribution in [1.29, 1.82) is 0 Å². The Kier molecular flexibility index (Phi) is 4.01. The minimum absolute atomic E-state index is 0.349. The molecule has 0 fully saturated rings. The van der Waals surface area contributed by atoms with Crippen LogP contribution in [0.2, 0.25) is 5.02 Å². The van der Waals surface area contributed by atoms with E-state index in [9.17, 15) is 4.39 Å². The summed E-state index contributed by atoms with van der Waals surface area (Å²) in [7, 11) is 0. The zero-order valence-corrected chi connectivity index (χ0v) is 12.0. The standard InChI is InChI=1S/C15H14ClFN4/c16-11-3-1-4-12(17)14(11)15-20-8-10-21(15)9-2-5-13-18-6-7-19-13/h1,3-4,6-8,10H,2,5,9H2,(H,18,19). The molecule has 3 rings (SSSR count). The van der Waals surface area contributed by atoms with Crippen LogP contribution in [0.3, 0.4) is 0 Å². The Bertz CT molecular complexity index is 701. The van der Waals surface area contributed by atoms with Gasteiger partial charge in [-0.2, -0.15) is 0 Å². The van der Waals surface area contributed by atoms with Crippen molar-refractivity contribution in [2.75, 3.05) is 0 Å². The highest BCUT2D eigenvalue weighted by Crippen LogP contribution is 2.29. The molecule has 0 saturated carbocycles. The molecule has 1 N–H and O–H groups in total. The first-order valence-electron chi connectivity index (χ1n) is 6.69. The molecule has 0 bridgehead atoms. The number of H-pyrrole nitrogens is 1. The maximum Gasteiger partial charge on any atom is 0.144 e. The molecule has 108 valence electrons. The molecular weight excluding hydrogens is 291 g/mol. The Balaban J connectivity index is 1.78. The third-order valence-corrected chi connectivity index (χ3v) is 3.58. The van der Waals surface area contributed by atoms with Crippen molar-refractivity contribution in [1.82, 2.24) is 19.5 Å². The second-order valence-electron chi connectivity index (χ2n) is 4.68. The molecule has 0 atom stereocenters. The van der Waals surface area contributed by atoms with Crippen LogP contribution < -0.4 is 0 Å². The summed E-state index contributed by atoms with van der Waals surface area (Å²) in [5.41, 5.74) is 0.349. The van der Waals surface area contributed by atoms with Crippen molar-refractivity contribution in [3.8, 4) is 11.4 Å². The van der Waals surface area contributed by atoms with Crippen LogP contribution in [-0.4, -0.2) is 19.5 Å². The molecule has 3 aromatic rings. The SMILES string of the molecule is Fc1cccc(Cl)c1-c1nccn1CCCc1ncc[nH]1. The molecule has 2 aromatic heterocycles. The molecule has 0 unspecified atom stereocenters. The lowest BCUT2D eigenvalue weighted by molar-refractivity contribution is 0.615. The molecule has 0 spiro atoms. The predicted octanol–water partition coefficient (Wildman–Crippen LogP) is 3.70. The summed E-state index contributed by atoms with van der Waals surface area (Å²) in [5, 5.41) is 0.369. The molecule has 2 heterocycles. The molecule has 0 aliphatic heterocycles. The summed E-state index contributed by atoms with van der Waals surface area (Å²) in [6.45, 7) is 0.723. The summed E-state index contributed by atoms with van der Waals surface area (Å²) in [5.74, 6) is 1.14. The van der Waals surface area contributed by atoms with E-state index in [4.69, 9.17) is 11.6 Å². The number of aromatic amines is 1. The van der Waals surface area contributed by atoms with Crippen LogP contribution in [0.1, 0.15) is 12.2 Å². The lowest BCUT2D eigenvalue weighted by Crippen LogP contribution is -2.03. The van der Waals surface area contributed by atoms with Crippen molar-refractivity contribution in [3.05, 3.63) is 59.7 Å². The highest BCUT2D eigenvalue weighted by Gasteiger charge is 2.14. The van der Waals surface area contributed by atoms with Crippen molar-refractivity contribution < 1.29 is 4.39 Å². The number of aryl methyl sites for hydroxylation is 2. The number of benzene rings is 1. The van der Waals surface area contributed by atoms with Crippen molar-refractivity contribution >= 4 is 11.6 Å². The van der Waals surface area contributed by atoms with Crippen molar-refractivity contribution in [3.63, 3.8) is 0 Å². The van der Waals surface area contributed by atoms with Gasteiger partial charge in [0, 0.05) is 37.8 Å². The van der Waals surface area contributed by atoms with Gasteiger partial charge in [0.05, 0.1) is 10.6 Å². The molecule has 0 aliphatic rings. The van der Waals surface area contributed by atoms with E-state index in [1.807, 2.05) is 10.8 Å². The van der Waals surface area contributed by atoms with E-state index in [2.05, 4.69) is 15.0 Å². The van der Waals surface area contributed by atoms with Gasteiger partial charge < -0.3 is 9.55 Å². The quantitative estimate of drug-likeness (QED) is 0.781. The molecule has 21 heavy (non-hydrogen) atoms. The fourth-order valence-corrected chi connectivity index (χ4v) is 2.53. The number of hydrogen-bond donors (Lipinski definition) is 1. The minimum atomic E-state index is -0.360. The van der Waals surface area contributed by atoms with E-state index in [1.54, 1.807) is 30.7 Å². The van der Waals surface area contributed by atoms with Gasteiger partial charge in [0.25, 0.3) is 0 Å². The van der Waals surface area contributed by atoms with Crippen LogP contribution in [-0.2, 0) is 13.0 Å². The zero-order valence-electron chi connectivity index (χ0n) is 11.3. The molecule has 0 saturated heterocycles. The average molecular weight is 305 g/mol. The van der Waals surface area contributed by atoms with E-state index in [0.717, 1.165) is 25.2 Å². The van der Waals surface area contributed by atoms with E-state index < -0.39 is 0 Å². The molecular formula is C15H14ClFN4. The van der Waals surface area contributed by atoms with Gasteiger partial charge in [0.1, 0.15) is 17.5 Å². The van der Waals surface area contributed by atoms with E-state index in [0.29, 0.717) is 16.4 Å². The van der Waals surface area contributed by atoms with Gasteiger partial charge in [0.2, 0.25) is 0 Å². The lowest BCUT2D eigenvalue weighted by Gasteiger charge is -2.09. The first kappa shape index (κ1) is 13.8. The Morgan fingerprint density at radius 1 is 1.24 bits per heavy atom. The van der Waals surface area contributed by atoms with Crippen LogP contribution in [0.25, 0.3) is 11.4 Å². The second kappa shape index (κ2) is 6.10. The monoisotopic (exact) mass is 304 g/mol. The number of nitrogens with zero attached hydrogens (tertiary/aromatic N) is 3. The first-order chi connectivity index (χ1) is 10.3. The van der Waals surface area contributed by atoms with Gasteiger partial charge in [-0.15, -0.1) is 0 Å². The molecule has 4 nitrogen and oxygen atoms in total. The fourth-order valence-electron chi connectivity index (χ4n) is 2.28.